The normalized spacial score (nSPS) is 10.8. The predicted molar refractivity (Wildman–Crippen MR) is 87.4 cm³/mol. The number of carboxylic acid groups (broad SMARTS) is 1. The summed E-state index contributed by atoms with van der Waals surface area (Å²) in [5, 5.41) is 9.33. The second-order valence-corrected chi connectivity index (χ2v) is 5.10. The molecule has 0 saturated carbocycles. The molecule has 0 spiro atoms. The van der Waals surface area contributed by atoms with Crippen LogP contribution >= 0.6 is 11.6 Å². The molecule has 2 aromatic carbocycles. The summed E-state index contributed by atoms with van der Waals surface area (Å²) in [7, 11) is 1.94. The van der Waals surface area contributed by atoms with Crippen LogP contribution in [0.1, 0.15) is 11.1 Å². The van der Waals surface area contributed by atoms with Gasteiger partial charge in [0.15, 0.2) is 0 Å². The summed E-state index contributed by atoms with van der Waals surface area (Å²) in [6, 6.07) is 13.5. The number of aliphatic carboxylic acids is 1. The van der Waals surface area contributed by atoms with Gasteiger partial charge >= 0.3 is 5.97 Å². The monoisotopic (exact) mass is 301 g/mol. The van der Waals surface area contributed by atoms with Crippen molar-refractivity contribution in [3.63, 3.8) is 0 Å². The van der Waals surface area contributed by atoms with Gasteiger partial charge in [0, 0.05) is 35.1 Å². The van der Waals surface area contributed by atoms with Crippen LogP contribution < -0.4 is 4.90 Å². The molecule has 21 heavy (non-hydrogen) atoms. The van der Waals surface area contributed by atoms with E-state index in [0.29, 0.717) is 10.6 Å². The summed E-state index contributed by atoms with van der Waals surface area (Å²) in [5.74, 6) is -1.00. The highest BCUT2D eigenvalue weighted by Crippen LogP contribution is 2.33. The largest absolute Gasteiger partial charge is 0.478 e. The highest BCUT2D eigenvalue weighted by Gasteiger charge is 2.12. The molecule has 0 fully saturated rings. The molecule has 0 saturated heterocycles. The molecule has 0 aromatic heterocycles. The number of carboxylic acids is 1. The molecule has 3 nitrogen and oxygen atoms in total. The van der Waals surface area contributed by atoms with E-state index in [1.807, 2.05) is 55.3 Å². The third-order valence-corrected chi connectivity index (χ3v) is 3.59. The number of hydrogen-bond acceptors (Lipinski definition) is 2. The van der Waals surface area contributed by atoms with E-state index in [2.05, 4.69) is 0 Å². The molecule has 0 heterocycles. The van der Waals surface area contributed by atoms with E-state index in [9.17, 15) is 4.79 Å². The van der Waals surface area contributed by atoms with Gasteiger partial charge in [-0.05, 0) is 36.8 Å². The molecule has 0 radical (unpaired) electrons. The van der Waals surface area contributed by atoms with Crippen LogP contribution in [0.2, 0.25) is 5.02 Å². The van der Waals surface area contributed by atoms with Crippen molar-refractivity contribution in [2.75, 3.05) is 11.9 Å². The molecule has 0 aliphatic rings. The Labute approximate surface area is 129 Å². The first kappa shape index (κ1) is 15.1. The lowest BCUT2D eigenvalue weighted by Gasteiger charge is -2.24. The van der Waals surface area contributed by atoms with Crippen LogP contribution in [0.25, 0.3) is 6.08 Å². The van der Waals surface area contributed by atoms with Crippen LogP contribution in [0, 0.1) is 6.92 Å². The number of halogens is 1. The Bertz CT molecular complexity index is 695. The van der Waals surface area contributed by atoms with Crippen molar-refractivity contribution >= 4 is 35.0 Å². The number of aryl methyl sites for hydroxylation is 1. The number of carbonyl (C=O) groups is 1. The van der Waals surface area contributed by atoms with Gasteiger partial charge in [-0.2, -0.15) is 0 Å². The fourth-order valence-electron chi connectivity index (χ4n) is 2.21. The van der Waals surface area contributed by atoms with Gasteiger partial charge in [-0.15, -0.1) is 0 Å². The predicted octanol–water partition coefficient (Wildman–Crippen LogP) is 4.51. The Balaban J connectivity index is 2.51. The number of benzene rings is 2. The van der Waals surface area contributed by atoms with Crippen molar-refractivity contribution < 1.29 is 9.90 Å². The first-order chi connectivity index (χ1) is 10.0. The maximum atomic E-state index is 10.7. The van der Waals surface area contributed by atoms with Crippen molar-refractivity contribution in [1.82, 2.24) is 0 Å². The third-order valence-electron chi connectivity index (χ3n) is 3.26. The SMILES string of the molecule is Cc1ccccc1N(C)c1cccc(Cl)c1C=CC(=O)O. The first-order valence-electron chi connectivity index (χ1n) is 6.49. The zero-order valence-electron chi connectivity index (χ0n) is 11.9. The zero-order chi connectivity index (χ0) is 15.4. The molecule has 1 N–H and O–H groups in total. The third kappa shape index (κ3) is 3.44. The fourth-order valence-corrected chi connectivity index (χ4v) is 2.44. The molecule has 0 unspecified atom stereocenters. The van der Waals surface area contributed by atoms with Gasteiger partial charge < -0.3 is 10.0 Å². The van der Waals surface area contributed by atoms with Gasteiger partial charge in [0.2, 0.25) is 0 Å². The second-order valence-electron chi connectivity index (χ2n) is 4.69. The number of rotatable bonds is 4. The van der Waals surface area contributed by atoms with Crippen molar-refractivity contribution in [1.29, 1.82) is 0 Å². The average molecular weight is 302 g/mol. The van der Waals surface area contributed by atoms with Crippen LogP contribution in [-0.2, 0) is 4.79 Å². The van der Waals surface area contributed by atoms with Gasteiger partial charge in [0.05, 0.1) is 0 Å². The van der Waals surface area contributed by atoms with Crippen molar-refractivity contribution in [2.24, 2.45) is 0 Å². The van der Waals surface area contributed by atoms with E-state index in [4.69, 9.17) is 16.7 Å². The molecule has 0 amide bonds. The van der Waals surface area contributed by atoms with Gasteiger partial charge in [-0.3, -0.25) is 0 Å². The maximum absolute atomic E-state index is 10.7. The second kappa shape index (κ2) is 6.46. The van der Waals surface area contributed by atoms with E-state index < -0.39 is 5.97 Å². The Hall–Kier alpha value is -2.26. The van der Waals surface area contributed by atoms with Crippen molar-refractivity contribution in [3.05, 3.63) is 64.7 Å². The van der Waals surface area contributed by atoms with E-state index in [0.717, 1.165) is 23.0 Å². The van der Waals surface area contributed by atoms with E-state index >= 15 is 0 Å². The molecule has 4 heteroatoms. The van der Waals surface area contributed by atoms with E-state index in [-0.39, 0.29) is 0 Å². The first-order valence-corrected chi connectivity index (χ1v) is 6.87. The number of hydrogen-bond donors (Lipinski definition) is 1. The summed E-state index contributed by atoms with van der Waals surface area (Å²) >= 11 is 6.21. The van der Waals surface area contributed by atoms with Crippen LogP contribution in [0.15, 0.2) is 48.5 Å². The molecule has 0 aliphatic carbocycles. The Morgan fingerprint density at radius 1 is 1.14 bits per heavy atom. The van der Waals surface area contributed by atoms with Crippen molar-refractivity contribution in [3.8, 4) is 0 Å². The maximum Gasteiger partial charge on any atom is 0.328 e. The summed E-state index contributed by atoms with van der Waals surface area (Å²) in [5.41, 5.74) is 3.72. The zero-order valence-corrected chi connectivity index (χ0v) is 12.6. The smallest absolute Gasteiger partial charge is 0.328 e. The molecule has 0 atom stereocenters. The highest BCUT2D eigenvalue weighted by atomic mass is 35.5. The van der Waals surface area contributed by atoms with Crippen LogP contribution in [0.4, 0.5) is 11.4 Å². The standard InChI is InChI=1S/C17H16ClNO2/c1-12-6-3-4-8-15(12)19(2)16-9-5-7-14(18)13(16)10-11-17(20)21/h3-11H,1-2H3,(H,20,21). The van der Waals surface area contributed by atoms with Gasteiger partial charge in [0.1, 0.15) is 0 Å². The lowest BCUT2D eigenvalue weighted by Crippen LogP contribution is -2.12. The Morgan fingerprint density at radius 2 is 1.81 bits per heavy atom. The number of nitrogens with zero attached hydrogens (tertiary/aromatic N) is 1. The van der Waals surface area contributed by atoms with Gasteiger partial charge in [-0.1, -0.05) is 35.9 Å². The average Bonchev–Trinajstić information content (AvgIpc) is 2.45. The number of para-hydroxylation sites is 1. The molecular weight excluding hydrogens is 286 g/mol. The van der Waals surface area contributed by atoms with Crippen LogP contribution in [0.5, 0.6) is 0 Å². The molecular formula is C17H16ClNO2. The molecule has 108 valence electrons. The lowest BCUT2D eigenvalue weighted by molar-refractivity contribution is -0.131. The van der Waals surface area contributed by atoms with Crippen molar-refractivity contribution in [2.45, 2.75) is 6.92 Å². The molecule has 2 rings (SSSR count). The lowest BCUT2D eigenvalue weighted by atomic mass is 10.1. The van der Waals surface area contributed by atoms with E-state index in [1.165, 1.54) is 6.08 Å². The van der Waals surface area contributed by atoms with E-state index in [1.54, 1.807) is 6.07 Å². The van der Waals surface area contributed by atoms with Gasteiger partial charge in [-0.25, -0.2) is 4.79 Å². The minimum Gasteiger partial charge on any atom is -0.478 e. The molecule has 0 aliphatic heterocycles. The topological polar surface area (TPSA) is 40.5 Å². The Morgan fingerprint density at radius 3 is 2.48 bits per heavy atom. The van der Waals surface area contributed by atoms with Crippen LogP contribution in [0.3, 0.4) is 0 Å². The minimum atomic E-state index is -1.00. The summed E-state index contributed by atoms with van der Waals surface area (Å²) in [6.07, 6.45) is 2.62. The van der Waals surface area contributed by atoms with Gasteiger partial charge in [0.25, 0.3) is 0 Å². The summed E-state index contributed by atoms with van der Waals surface area (Å²) < 4.78 is 0. The highest BCUT2D eigenvalue weighted by molar-refractivity contribution is 6.32. The number of anilines is 2. The fraction of sp³-hybridized carbons (Fsp3) is 0.118. The summed E-state index contributed by atoms with van der Waals surface area (Å²) in [6.45, 7) is 2.03. The molecule has 2 aromatic rings. The molecule has 0 bridgehead atoms. The van der Waals surface area contributed by atoms with Crippen LogP contribution in [-0.4, -0.2) is 18.1 Å². The quantitative estimate of drug-likeness (QED) is 0.844. The minimum absolute atomic E-state index is 0.519. The Kier molecular flexibility index (Phi) is 4.66. The summed E-state index contributed by atoms with van der Waals surface area (Å²) in [4.78, 5) is 12.7.